The van der Waals surface area contributed by atoms with Crippen LogP contribution in [0.5, 0.6) is 5.75 Å². The highest BCUT2D eigenvalue weighted by Gasteiger charge is 2.29. The van der Waals surface area contributed by atoms with E-state index in [1.807, 2.05) is 0 Å². The van der Waals surface area contributed by atoms with Gasteiger partial charge >= 0.3 is 0 Å². The molecule has 0 aliphatic carbocycles. The van der Waals surface area contributed by atoms with E-state index in [0.29, 0.717) is 36.2 Å². The second-order valence-electron chi connectivity index (χ2n) is 4.54. The molecule has 1 fully saturated rings. The summed E-state index contributed by atoms with van der Waals surface area (Å²) in [4.78, 5) is 0.267. The van der Waals surface area contributed by atoms with Gasteiger partial charge in [-0.15, -0.1) is 0 Å². The highest BCUT2D eigenvalue weighted by molar-refractivity contribution is 9.10. The number of benzene rings is 1. The van der Waals surface area contributed by atoms with Gasteiger partial charge in [-0.05, 0) is 47.0 Å². The number of hydrogen-bond donors (Lipinski definition) is 1. The number of ether oxygens (including phenoxy) is 1. The van der Waals surface area contributed by atoms with E-state index >= 15 is 0 Å². The second kappa shape index (κ2) is 5.78. The Morgan fingerprint density at radius 3 is 2.53 bits per heavy atom. The molecule has 0 radical (unpaired) electrons. The van der Waals surface area contributed by atoms with E-state index in [1.165, 1.54) is 4.31 Å². The number of piperidine rings is 1. The van der Waals surface area contributed by atoms with Crippen LogP contribution in [0.4, 0.5) is 0 Å². The zero-order valence-corrected chi connectivity index (χ0v) is 13.1. The molecule has 0 atom stereocenters. The molecule has 0 spiro atoms. The molecule has 2 rings (SSSR count). The average molecular weight is 349 g/mol. The van der Waals surface area contributed by atoms with E-state index in [1.54, 1.807) is 25.3 Å². The van der Waals surface area contributed by atoms with E-state index in [2.05, 4.69) is 15.9 Å². The van der Waals surface area contributed by atoms with Crippen LogP contribution in [-0.4, -0.2) is 39.0 Å². The molecule has 19 heavy (non-hydrogen) atoms. The first-order valence-electron chi connectivity index (χ1n) is 6.04. The summed E-state index contributed by atoms with van der Waals surface area (Å²) in [6.45, 7) is 0.948. The maximum atomic E-state index is 12.5. The van der Waals surface area contributed by atoms with Crippen molar-refractivity contribution in [2.24, 2.45) is 5.73 Å². The Morgan fingerprint density at radius 1 is 1.37 bits per heavy atom. The van der Waals surface area contributed by atoms with Crippen LogP contribution in [0.15, 0.2) is 27.6 Å². The normalized spacial score (nSPS) is 18.5. The van der Waals surface area contributed by atoms with Gasteiger partial charge in [0.15, 0.2) is 0 Å². The van der Waals surface area contributed by atoms with Gasteiger partial charge in [-0.1, -0.05) is 0 Å². The van der Waals surface area contributed by atoms with Crippen LogP contribution in [0.25, 0.3) is 0 Å². The summed E-state index contributed by atoms with van der Waals surface area (Å²) in [7, 11) is -1.92. The molecule has 2 N–H and O–H groups in total. The monoisotopic (exact) mass is 348 g/mol. The van der Waals surface area contributed by atoms with Crippen LogP contribution in [0.3, 0.4) is 0 Å². The molecule has 0 amide bonds. The number of methoxy groups -OCH3 is 1. The van der Waals surface area contributed by atoms with Gasteiger partial charge in [0.25, 0.3) is 0 Å². The number of rotatable bonds is 3. The smallest absolute Gasteiger partial charge is 0.244 e. The van der Waals surface area contributed by atoms with Crippen molar-refractivity contribution in [3.8, 4) is 5.75 Å². The van der Waals surface area contributed by atoms with Crippen LogP contribution in [0, 0.1) is 0 Å². The first kappa shape index (κ1) is 14.8. The third-order valence-electron chi connectivity index (χ3n) is 3.26. The van der Waals surface area contributed by atoms with E-state index in [4.69, 9.17) is 10.5 Å². The van der Waals surface area contributed by atoms with Gasteiger partial charge < -0.3 is 10.5 Å². The van der Waals surface area contributed by atoms with Crippen molar-refractivity contribution in [2.75, 3.05) is 20.2 Å². The third kappa shape index (κ3) is 3.10. The minimum Gasteiger partial charge on any atom is -0.497 e. The second-order valence-corrected chi connectivity index (χ2v) is 7.30. The molecule has 0 aromatic heterocycles. The quantitative estimate of drug-likeness (QED) is 0.899. The van der Waals surface area contributed by atoms with Crippen molar-refractivity contribution in [1.82, 2.24) is 4.31 Å². The Bertz CT molecular complexity index is 554. The van der Waals surface area contributed by atoms with Crippen molar-refractivity contribution >= 4 is 26.0 Å². The Hall–Kier alpha value is -0.630. The lowest BCUT2D eigenvalue weighted by atomic mass is 10.1. The molecule has 1 aliphatic rings. The number of sulfonamides is 1. The van der Waals surface area contributed by atoms with Crippen molar-refractivity contribution in [2.45, 2.75) is 23.8 Å². The maximum Gasteiger partial charge on any atom is 0.244 e. The zero-order valence-electron chi connectivity index (χ0n) is 10.7. The van der Waals surface area contributed by atoms with Crippen molar-refractivity contribution in [3.05, 3.63) is 22.7 Å². The summed E-state index contributed by atoms with van der Waals surface area (Å²) < 4.78 is 32.1. The average Bonchev–Trinajstić information content (AvgIpc) is 2.38. The molecule has 1 heterocycles. The predicted molar refractivity (Wildman–Crippen MR) is 76.7 cm³/mol. The molecular weight excluding hydrogens is 332 g/mol. The topological polar surface area (TPSA) is 72.6 Å². The van der Waals surface area contributed by atoms with Crippen molar-refractivity contribution in [3.63, 3.8) is 0 Å². The van der Waals surface area contributed by atoms with Gasteiger partial charge in [0.2, 0.25) is 10.0 Å². The van der Waals surface area contributed by atoms with E-state index in [0.717, 1.165) is 0 Å². The Labute approximate surface area is 121 Å². The summed E-state index contributed by atoms with van der Waals surface area (Å²) in [5.41, 5.74) is 5.80. The third-order valence-corrected chi connectivity index (χ3v) is 6.13. The summed E-state index contributed by atoms with van der Waals surface area (Å²) >= 11 is 3.29. The van der Waals surface area contributed by atoms with Gasteiger partial charge in [-0.2, -0.15) is 4.31 Å². The molecule has 1 aromatic carbocycles. The highest BCUT2D eigenvalue weighted by atomic mass is 79.9. The fourth-order valence-corrected chi connectivity index (χ4v) is 4.56. The molecule has 5 nitrogen and oxygen atoms in total. The fourth-order valence-electron chi connectivity index (χ4n) is 2.07. The fraction of sp³-hybridized carbons (Fsp3) is 0.500. The van der Waals surface area contributed by atoms with Crippen LogP contribution in [0.2, 0.25) is 0 Å². The minimum absolute atomic E-state index is 0.103. The van der Waals surface area contributed by atoms with E-state index in [-0.39, 0.29) is 10.9 Å². The van der Waals surface area contributed by atoms with Crippen LogP contribution < -0.4 is 10.5 Å². The summed E-state index contributed by atoms with van der Waals surface area (Å²) in [5.74, 6) is 0.617. The van der Waals surface area contributed by atoms with Crippen LogP contribution in [-0.2, 0) is 10.0 Å². The molecule has 1 aromatic rings. The summed E-state index contributed by atoms with van der Waals surface area (Å²) in [6, 6.07) is 4.97. The lowest BCUT2D eigenvalue weighted by Gasteiger charge is -2.29. The molecule has 106 valence electrons. The molecule has 0 saturated carbocycles. The predicted octanol–water partition coefficient (Wildman–Crippen LogP) is 1.57. The Balaban J connectivity index is 2.29. The maximum absolute atomic E-state index is 12.5. The Morgan fingerprint density at radius 2 is 2.00 bits per heavy atom. The highest BCUT2D eigenvalue weighted by Crippen LogP contribution is 2.30. The van der Waals surface area contributed by atoms with Crippen LogP contribution in [0.1, 0.15) is 12.8 Å². The number of nitrogens with two attached hydrogens (primary N) is 1. The molecular formula is C12H17BrN2O3S. The van der Waals surface area contributed by atoms with Gasteiger partial charge in [0.05, 0.1) is 12.0 Å². The van der Waals surface area contributed by atoms with Gasteiger partial charge in [-0.25, -0.2) is 8.42 Å². The largest absolute Gasteiger partial charge is 0.497 e. The molecule has 0 bridgehead atoms. The molecule has 7 heteroatoms. The standard InChI is InChI=1S/C12H17BrN2O3S/c1-18-10-2-3-12(11(13)8-10)19(16,17)15-6-4-9(14)5-7-15/h2-3,8-9H,4-7,14H2,1H3. The number of halogens is 1. The van der Waals surface area contributed by atoms with Crippen LogP contribution >= 0.6 is 15.9 Å². The first-order valence-corrected chi connectivity index (χ1v) is 8.27. The lowest BCUT2D eigenvalue weighted by molar-refractivity contribution is 0.320. The number of nitrogens with zero attached hydrogens (tertiary/aromatic N) is 1. The molecule has 0 unspecified atom stereocenters. The van der Waals surface area contributed by atoms with Gasteiger partial charge in [-0.3, -0.25) is 0 Å². The van der Waals surface area contributed by atoms with E-state index in [9.17, 15) is 8.42 Å². The lowest BCUT2D eigenvalue weighted by Crippen LogP contribution is -2.42. The SMILES string of the molecule is COc1ccc(S(=O)(=O)N2CCC(N)CC2)c(Br)c1. The van der Waals surface area contributed by atoms with Gasteiger partial charge in [0, 0.05) is 23.6 Å². The zero-order chi connectivity index (χ0) is 14.0. The van der Waals surface area contributed by atoms with Crippen molar-refractivity contribution < 1.29 is 13.2 Å². The molecule has 1 saturated heterocycles. The first-order chi connectivity index (χ1) is 8.95. The summed E-state index contributed by atoms with van der Waals surface area (Å²) in [6.07, 6.45) is 1.40. The van der Waals surface area contributed by atoms with Gasteiger partial charge in [0.1, 0.15) is 5.75 Å². The molecule has 1 aliphatic heterocycles. The number of hydrogen-bond acceptors (Lipinski definition) is 4. The van der Waals surface area contributed by atoms with Crippen molar-refractivity contribution in [1.29, 1.82) is 0 Å². The summed E-state index contributed by atoms with van der Waals surface area (Å²) in [5, 5.41) is 0. The Kier molecular flexibility index (Phi) is 4.50. The van der Waals surface area contributed by atoms with E-state index < -0.39 is 10.0 Å². The minimum atomic E-state index is -3.47.